The van der Waals surface area contributed by atoms with Crippen LogP contribution in [0.1, 0.15) is 44.9 Å². The zero-order valence-electron chi connectivity index (χ0n) is 18.2. The van der Waals surface area contributed by atoms with Crippen molar-refractivity contribution in [3.63, 3.8) is 0 Å². The predicted octanol–water partition coefficient (Wildman–Crippen LogP) is 2.32. The number of sulfonamides is 1. The van der Waals surface area contributed by atoms with E-state index in [4.69, 9.17) is 0 Å². The maximum Gasteiger partial charge on any atom is 0.282 e. The third kappa shape index (κ3) is 4.43. The van der Waals surface area contributed by atoms with E-state index >= 15 is 0 Å². The van der Waals surface area contributed by atoms with Crippen molar-refractivity contribution >= 4 is 21.6 Å². The summed E-state index contributed by atoms with van der Waals surface area (Å²) in [6, 6.07) is 15.3. The standard InChI is InChI=1S/C23H31N3O3S/c1-5-25(6-2)30(28,29)21-13-11-19(12-14-21)18(4)24-16-23(27)26-17(3)15-20-9-7-8-10-22(20)26/h7-14,17-18,24H,5-6,15-16H2,1-4H3/p+1/t17-,18+/m0/s1. The van der Waals surface area contributed by atoms with Gasteiger partial charge in [0.15, 0.2) is 6.54 Å². The lowest BCUT2D eigenvalue weighted by atomic mass is 10.1. The molecule has 1 amide bonds. The molecule has 162 valence electrons. The monoisotopic (exact) mass is 430 g/mol. The molecule has 2 aromatic rings. The second-order valence-corrected chi connectivity index (χ2v) is 9.77. The topological polar surface area (TPSA) is 74.3 Å². The molecule has 0 saturated carbocycles. The molecule has 0 aromatic heterocycles. The molecule has 0 radical (unpaired) electrons. The van der Waals surface area contributed by atoms with Gasteiger partial charge in [0.1, 0.15) is 6.04 Å². The number of hydrogen-bond acceptors (Lipinski definition) is 3. The first-order chi connectivity index (χ1) is 14.3. The molecule has 0 unspecified atom stereocenters. The highest BCUT2D eigenvalue weighted by Crippen LogP contribution is 2.31. The van der Waals surface area contributed by atoms with Crippen molar-refractivity contribution in [2.75, 3.05) is 24.5 Å². The van der Waals surface area contributed by atoms with E-state index in [2.05, 4.69) is 13.0 Å². The van der Waals surface area contributed by atoms with Gasteiger partial charge in [-0.15, -0.1) is 0 Å². The smallest absolute Gasteiger partial charge is 0.282 e. The highest BCUT2D eigenvalue weighted by atomic mass is 32.2. The fraction of sp³-hybridized carbons (Fsp3) is 0.435. The summed E-state index contributed by atoms with van der Waals surface area (Å²) in [5.41, 5.74) is 3.23. The van der Waals surface area contributed by atoms with Gasteiger partial charge < -0.3 is 10.2 Å². The van der Waals surface area contributed by atoms with Crippen LogP contribution in [0, 0.1) is 0 Å². The molecular formula is C23H32N3O3S+. The van der Waals surface area contributed by atoms with Gasteiger partial charge in [0, 0.05) is 30.4 Å². The summed E-state index contributed by atoms with van der Waals surface area (Å²) in [5, 5.41) is 2.00. The molecule has 0 saturated heterocycles. The van der Waals surface area contributed by atoms with Crippen molar-refractivity contribution < 1.29 is 18.5 Å². The van der Waals surface area contributed by atoms with Crippen LogP contribution in [-0.4, -0.2) is 44.3 Å². The number of fused-ring (bicyclic) bond motifs is 1. The lowest BCUT2D eigenvalue weighted by Gasteiger charge is -2.23. The summed E-state index contributed by atoms with van der Waals surface area (Å²) in [6.07, 6.45) is 0.889. The molecule has 1 aliphatic heterocycles. The van der Waals surface area contributed by atoms with Gasteiger partial charge in [-0.25, -0.2) is 8.42 Å². The molecule has 6 nitrogen and oxygen atoms in total. The van der Waals surface area contributed by atoms with Crippen molar-refractivity contribution in [3.8, 4) is 0 Å². The van der Waals surface area contributed by atoms with E-state index in [0.29, 0.717) is 24.5 Å². The summed E-state index contributed by atoms with van der Waals surface area (Å²) < 4.78 is 26.7. The van der Waals surface area contributed by atoms with E-state index in [1.165, 1.54) is 9.87 Å². The number of hydrogen-bond donors (Lipinski definition) is 1. The Balaban J connectivity index is 1.64. The Bertz CT molecular complexity index is 985. The van der Waals surface area contributed by atoms with E-state index in [1.807, 2.05) is 61.3 Å². The Morgan fingerprint density at radius 2 is 1.77 bits per heavy atom. The van der Waals surface area contributed by atoms with E-state index in [1.54, 1.807) is 12.1 Å². The van der Waals surface area contributed by atoms with Crippen LogP contribution in [0.15, 0.2) is 53.4 Å². The first-order valence-corrected chi connectivity index (χ1v) is 12.1. The number of amides is 1. The maximum absolute atomic E-state index is 12.9. The average molecular weight is 431 g/mol. The van der Waals surface area contributed by atoms with Gasteiger partial charge in [-0.1, -0.05) is 44.2 Å². The van der Waals surface area contributed by atoms with Crippen LogP contribution in [0.25, 0.3) is 0 Å². The normalized spacial score (nSPS) is 17.2. The highest BCUT2D eigenvalue weighted by molar-refractivity contribution is 7.89. The maximum atomic E-state index is 12.9. The van der Waals surface area contributed by atoms with Gasteiger partial charge in [0.2, 0.25) is 10.0 Å². The minimum absolute atomic E-state index is 0.0484. The molecule has 30 heavy (non-hydrogen) atoms. The minimum atomic E-state index is -3.45. The molecule has 0 fully saturated rings. The SMILES string of the molecule is CCN(CC)S(=O)(=O)c1ccc([C@@H](C)[NH2+]CC(=O)N2c3ccccc3C[C@@H]2C)cc1. The van der Waals surface area contributed by atoms with E-state index in [0.717, 1.165) is 17.7 Å². The van der Waals surface area contributed by atoms with Crippen LogP contribution in [0.3, 0.4) is 0 Å². The Labute approximate surface area is 179 Å². The van der Waals surface area contributed by atoms with Crippen molar-refractivity contribution in [3.05, 3.63) is 59.7 Å². The molecule has 1 aliphatic rings. The number of rotatable bonds is 8. The molecule has 2 atom stereocenters. The number of nitrogens with two attached hydrogens (primary N) is 1. The molecule has 0 spiro atoms. The summed E-state index contributed by atoms with van der Waals surface area (Å²) in [7, 11) is -3.45. The van der Waals surface area contributed by atoms with Crippen LogP contribution in [0.5, 0.6) is 0 Å². The predicted molar refractivity (Wildman–Crippen MR) is 119 cm³/mol. The molecule has 0 aliphatic carbocycles. The number of carbonyl (C=O) groups is 1. The number of anilines is 1. The van der Waals surface area contributed by atoms with Crippen molar-refractivity contribution in [1.29, 1.82) is 0 Å². The molecule has 0 bridgehead atoms. The zero-order chi connectivity index (χ0) is 21.9. The lowest BCUT2D eigenvalue weighted by molar-refractivity contribution is -0.682. The Hall–Kier alpha value is -2.22. The van der Waals surface area contributed by atoms with Crippen LogP contribution >= 0.6 is 0 Å². The van der Waals surface area contributed by atoms with Gasteiger partial charge in [-0.05, 0) is 44.0 Å². The Kier molecular flexibility index (Phi) is 6.95. The second kappa shape index (κ2) is 9.29. The average Bonchev–Trinajstić information content (AvgIpc) is 3.08. The fourth-order valence-electron chi connectivity index (χ4n) is 4.11. The Morgan fingerprint density at radius 3 is 2.40 bits per heavy atom. The molecule has 7 heteroatoms. The summed E-state index contributed by atoms with van der Waals surface area (Å²) in [4.78, 5) is 15.1. The largest absolute Gasteiger partial charge is 0.333 e. The van der Waals surface area contributed by atoms with Crippen LogP contribution in [0.2, 0.25) is 0 Å². The molecule has 2 aromatic carbocycles. The van der Waals surface area contributed by atoms with Gasteiger partial charge in [0.25, 0.3) is 5.91 Å². The van der Waals surface area contributed by atoms with Gasteiger partial charge in [-0.3, -0.25) is 4.79 Å². The molecule has 3 rings (SSSR count). The summed E-state index contributed by atoms with van der Waals surface area (Å²) >= 11 is 0. The van der Waals surface area contributed by atoms with Gasteiger partial charge in [0.05, 0.1) is 4.90 Å². The van der Waals surface area contributed by atoms with Crippen LogP contribution in [0.4, 0.5) is 5.69 Å². The van der Waals surface area contributed by atoms with E-state index < -0.39 is 10.0 Å². The zero-order valence-corrected chi connectivity index (χ0v) is 19.0. The first-order valence-electron chi connectivity index (χ1n) is 10.6. The molecule has 2 N–H and O–H groups in total. The number of nitrogens with zero attached hydrogens (tertiary/aromatic N) is 2. The Morgan fingerprint density at radius 1 is 1.13 bits per heavy atom. The van der Waals surface area contributed by atoms with Crippen molar-refractivity contribution in [1.82, 2.24) is 4.31 Å². The third-order valence-electron chi connectivity index (χ3n) is 5.87. The summed E-state index contributed by atoms with van der Waals surface area (Å²) in [6.45, 7) is 9.03. The lowest BCUT2D eigenvalue weighted by Crippen LogP contribution is -2.87. The number of para-hydroxylation sites is 1. The summed E-state index contributed by atoms with van der Waals surface area (Å²) in [5.74, 6) is 0.0973. The third-order valence-corrected chi connectivity index (χ3v) is 7.94. The number of benzene rings is 2. The number of carbonyl (C=O) groups excluding carboxylic acids is 1. The van der Waals surface area contributed by atoms with Crippen molar-refractivity contribution in [2.24, 2.45) is 0 Å². The van der Waals surface area contributed by atoms with Gasteiger partial charge in [-0.2, -0.15) is 4.31 Å². The first kappa shape index (κ1) is 22.5. The minimum Gasteiger partial charge on any atom is -0.333 e. The van der Waals surface area contributed by atoms with Crippen LogP contribution in [-0.2, 0) is 21.2 Å². The van der Waals surface area contributed by atoms with Gasteiger partial charge >= 0.3 is 0 Å². The second-order valence-electron chi connectivity index (χ2n) is 7.83. The van der Waals surface area contributed by atoms with Crippen molar-refractivity contribution in [2.45, 2.75) is 51.1 Å². The fourth-order valence-corrected chi connectivity index (χ4v) is 5.57. The highest BCUT2D eigenvalue weighted by Gasteiger charge is 2.31. The van der Waals surface area contributed by atoms with E-state index in [9.17, 15) is 13.2 Å². The van der Waals surface area contributed by atoms with Crippen LogP contribution < -0.4 is 10.2 Å². The van der Waals surface area contributed by atoms with E-state index in [-0.39, 0.29) is 18.0 Å². The molecule has 1 heterocycles. The number of quaternary nitrogens is 1. The quantitative estimate of drug-likeness (QED) is 0.698. The molecular weight excluding hydrogens is 398 g/mol.